The summed E-state index contributed by atoms with van der Waals surface area (Å²) in [6.45, 7) is 4.24. The molecule has 0 amide bonds. The Hall–Kier alpha value is -1.73. The molecule has 2 fully saturated rings. The molecule has 7 heteroatoms. The first-order chi connectivity index (χ1) is 12.4. The van der Waals surface area contributed by atoms with Crippen LogP contribution in [0.4, 0.5) is 15.8 Å². The Morgan fingerprint density at radius 2 is 1.92 bits per heavy atom. The minimum absolute atomic E-state index is 0.130. The first kappa shape index (κ1) is 19.0. The number of anilines is 1. The van der Waals surface area contributed by atoms with Crippen molar-refractivity contribution in [2.24, 2.45) is 0 Å². The van der Waals surface area contributed by atoms with Gasteiger partial charge in [0, 0.05) is 31.8 Å². The van der Waals surface area contributed by atoms with E-state index in [0.29, 0.717) is 6.10 Å². The lowest BCUT2D eigenvalue weighted by Crippen LogP contribution is -2.53. The molecule has 0 aromatic heterocycles. The average Bonchev–Trinajstić information content (AvgIpc) is 2.63. The van der Waals surface area contributed by atoms with E-state index in [1.165, 1.54) is 6.07 Å². The number of benzene rings is 1. The summed E-state index contributed by atoms with van der Waals surface area (Å²) >= 11 is 0. The van der Waals surface area contributed by atoms with E-state index in [1.54, 1.807) is 13.2 Å². The van der Waals surface area contributed by atoms with Crippen LogP contribution in [0.3, 0.4) is 0 Å². The molecule has 6 nitrogen and oxygen atoms in total. The lowest BCUT2D eigenvalue weighted by atomic mass is 9.79. The van der Waals surface area contributed by atoms with Gasteiger partial charge in [-0.3, -0.25) is 15.0 Å². The summed E-state index contributed by atoms with van der Waals surface area (Å²) in [5, 5.41) is 14.3. The monoisotopic (exact) mass is 365 g/mol. The Morgan fingerprint density at radius 1 is 1.27 bits per heavy atom. The molecule has 0 spiro atoms. The SMILES string of the molecule is COC1CCC(C)(N2CCC(Nc3cccc(F)c3[N+](=O)[O-])CC2)CC1. The highest BCUT2D eigenvalue weighted by Gasteiger charge is 2.38. The minimum atomic E-state index is -0.792. The summed E-state index contributed by atoms with van der Waals surface area (Å²) in [6.07, 6.45) is 6.66. The molecule has 1 heterocycles. The molecule has 1 aliphatic carbocycles. The molecule has 1 N–H and O–H groups in total. The van der Waals surface area contributed by atoms with Crippen LogP contribution < -0.4 is 5.32 Å². The fourth-order valence-corrected chi connectivity index (χ4v) is 4.37. The zero-order chi connectivity index (χ0) is 18.7. The summed E-state index contributed by atoms with van der Waals surface area (Å²) < 4.78 is 19.3. The highest BCUT2D eigenvalue weighted by atomic mass is 19.1. The molecule has 2 aliphatic rings. The summed E-state index contributed by atoms with van der Waals surface area (Å²) in [5.41, 5.74) is 0.0326. The second kappa shape index (κ2) is 7.88. The van der Waals surface area contributed by atoms with Gasteiger partial charge in [0.25, 0.3) is 0 Å². The highest BCUT2D eigenvalue weighted by Crippen LogP contribution is 2.37. The normalized spacial score (nSPS) is 28.0. The van der Waals surface area contributed by atoms with E-state index in [-0.39, 0.29) is 17.3 Å². The van der Waals surface area contributed by atoms with Crippen LogP contribution in [0.15, 0.2) is 18.2 Å². The van der Waals surface area contributed by atoms with Crippen molar-refractivity contribution >= 4 is 11.4 Å². The fourth-order valence-electron chi connectivity index (χ4n) is 4.37. The van der Waals surface area contributed by atoms with E-state index in [0.717, 1.165) is 57.7 Å². The molecule has 3 rings (SSSR count). The Morgan fingerprint density at radius 3 is 2.50 bits per heavy atom. The summed E-state index contributed by atoms with van der Waals surface area (Å²) in [5.74, 6) is -0.792. The van der Waals surface area contributed by atoms with Crippen LogP contribution in [0, 0.1) is 15.9 Å². The maximum absolute atomic E-state index is 13.8. The number of methoxy groups -OCH3 is 1. The molecular formula is C19H28FN3O3. The fraction of sp³-hybridized carbons (Fsp3) is 0.684. The third-order valence-corrected chi connectivity index (χ3v) is 6.13. The number of nitro groups is 1. The van der Waals surface area contributed by atoms with Crippen molar-refractivity contribution in [2.75, 3.05) is 25.5 Å². The van der Waals surface area contributed by atoms with Crippen LogP contribution >= 0.6 is 0 Å². The van der Waals surface area contributed by atoms with Gasteiger partial charge in [0.2, 0.25) is 5.82 Å². The number of nitrogens with one attached hydrogen (secondary N) is 1. The van der Waals surface area contributed by atoms with Gasteiger partial charge in [0.15, 0.2) is 0 Å². The number of piperidine rings is 1. The molecule has 0 radical (unpaired) electrons. The van der Waals surface area contributed by atoms with Gasteiger partial charge in [0.1, 0.15) is 5.69 Å². The Labute approximate surface area is 153 Å². The highest BCUT2D eigenvalue weighted by molar-refractivity contribution is 5.62. The van der Waals surface area contributed by atoms with E-state index in [1.807, 2.05) is 0 Å². The standard InChI is InChI=1S/C19H28FN3O3/c1-19(10-6-15(26-2)7-11-19)22-12-8-14(9-13-22)21-17-5-3-4-16(20)18(17)23(24)25/h3-5,14-15,21H,6-13H2,1-2H3. The molecule has 1 saturated carbocycles. The maximum Gasteiger partial charge on any atom is 0.327 e. The van der Waals surface area contributed by atoms with E-state index in [2.05, 4.69) is 17.1 Å². The maximum atomic E-state index is 13.8. The number of hydrogen-bond donors (Lipinski definition) is 1. The smallest absolute Gasteiger partial charge is 0.327 e. The Kier molecular flexibility index (Phi) is 5.77. The quantitative estimate of drug-likeness (QED) is 0.632. The van der Waals surface area contributed by atoms with Crippen molar-refractivity contribution in [1.29, 1.82) is 0 Å². The van der Waals surface area contributed by atoms with E-state index in [4.69, 9.17) is 4.74 Å². The second-order valence-corrected chi connectivity index (χ2v) is 7.73. The molecule has 1 aromatic rings. The van der Waals surface area contributed by atoms with Crippen LogP contribution in [-0.4, -0.2) is 47.7 Å². The van der Waals surface area contributed by atoms with Crippen LogP contribution in [0.5, 0.6) is 0 Å². The molecule has 1 saturated heterocycles. The lowest BCUT2D eigenvalue weighted by molar-refractivity contribution is -0.386. The van der Waals surface area contributed by atoms with Gasteiger partial charge in [-0.15, -0.1) is 0 Å². The van der Waals surface area contributed by atoms with Crippen molar-refractivity contribution in [2.45, 2.75) is 63.1 Å². The summed E-state index contributed by atoms with van der Waals surface area (Å²) in [7, 11) is 1.79. The molecule has 144 valence electrons. The van der Waals surface area contributed by atoms with Crippen molar-refractivity contribution < 1.29 is 14.1 Å². The van der Waals surface area contributed by atoms with Gasteiger partial charge in [-0.2, -0.15) is 4.39 Å². The van der Waals surface area contributed by atoms with Gasteiger partial charge in [-0.1, -0.05) is 6.07 Å². The number of nitro benzene ring substituents is 1. The van der Waals surface area contributed by atoms with E-state index >= 15 is 0 Å². The lowest BCUT2D eigenvalue weighted by Gasteiger charge is -2.48. The molecular weight excluding hydrogens is 337 g/mol. The van der Waals surface area contributed by atoms with Gasteiger partial charge in [0.05, 0.1) is 11.0 Å². The van der Waals surface area contributed by atoms with E-state index < -0.39 is 16.4 Å². The van der Waals surface area contributed by atoms with Crippen LogP contribution in [0.1, 0.15) is 45.4 Å². The largest absolute Gasteiger partial charge is 0.381 e. The first-order valence-corrected chi connectivity index (χ1v) is 9.40. The van der Waals surface area contributed by atoms with Crippen molar-refractivity contribution in [1.82, 2.24) is 4.90 Å². The number of hydrogen-bond acceptors (Lipinski definition) is 5. The number of rotatable bonds is 5. The third-order valence-electron chi connectivity index (χ3n) is 6.13. The predicted octanol–water partition coefficient (Wildman–Crippen LogP) is 3.96. The minimum Gasteiger partial charge on any atom is -0.381 e. The third kappa shape index (κ3) is 3.99. The zero-order valence-electron chi connectivity index (χ0n) is 15.5. The van der Waals surface area contributed by atoms with Crippen LogP contribution in [0.2, 0.25) is 0 Å². The number of ether oxygens (including phenoxy) is 1. The molecule has 0 atom stereocenters. The van der Waals surface area contributed by atoms with Crippen molar-refractivity contribution in [3.05, 3.63) is 34.1 Å². The number of para-hydroxylation sites is 1. The summed E-state index contributed by atoms with van der Waals surface area (Å²) in [4.78, 5) is 13.0. The van der Waals surface area contributed by atoms with E-state index in [9.17, 15) is 14.5 Å². The second-order valence-electron chi connectivity index (χ2n) is 7.73. The van der Waals surface area contributed by atoms with Gasteiger partial charge in [-0.05, 0) is 57.6 Å². The zero-order valence-corrected chi connectivity index (χ0v) is 15.5. The van der Waals surface area contributed by atoms with Gasteiger partial charge in [-0.25, -0.2) is 0 Å². The number of halogens is 1. The van der Waals surface area contributed by atoms with Crippen LogP contribution in [-0.2, 0) is 4.74 Å². The number of likely N-dealkylation sites (tertiary alicyclic amines) is 1. The number of nitrogens with zero attached hydrogens (tertiary/aromatic N) is 2. The predicted molar refractivity (Wildman–Crippen MR) is 98.9 cm³/mol. The molecule has 1 aromatic carbocycles. The van der Waals surface area contributed by atoms with Crippen molar-refractivity contribution in [3.63, 3.8) is 0 Å². The topological polar surface area (TPSA) is 67.6 Å². The molecule has 0 bridgehead atoms. The van der Waals surface area contributed by atoms with Gasteiger partial charge < -0.3 is 10.1 Å². The van der Waals surface area contributed by atoms with Crippen LogP contribution in [0.25, 0.3) is 0 Å². The van der Waals surface area contributed by atoms with Gasteiger partial charge >= 0.3 is 5.69 Å². The Balaban J connectivity index is 1.58. The van der Waals surface area contributed by atoms with Crippen molar-refractivity contribution in [3.8, 4) is 0 Å². The molecule has 26 heavy (non-hydrogen) atoms. The first-order valence-electron chi connectivity index (χ1n) is 9.40. The molecule has 0 unspecified atom stereocenters. The Bertz CT molecular complexity index is 639. The molecule has 1 aliphatic heterocycles. The summed E-state index contributed by atoms with van der Waals surface area (Å²) in [6, 6.07) is 4.35. The average molecular weight is 365 g/mol.